The van der Waals surface area contributed by atoms with Crippen LogP contribution in [-0.4, -0.2) is 31.2 Å². The lowest BCUT2D eigenvalue weighted by atomic mass is 9.92. The van der Waals surface area contributed by atoms with Crippen molar-refractivity contribution in [3.63, 3.8) is 0 Å². The molecule has 26 heavy (non-hydrogen) atoms. The average Bonchev–Trinajstić information content (AvgIpc) is 3.16. The molecule has 0 bridgehead atoms. The van der Waals surface area contributed by atoms with Gasteiger partial charge >= 0.3 is 0 Å². The van der Waals surface area contributed by atoms with E-state index in [1.165, 1.54) is 5.56 Å². The van der Waals surface area contributed by atoms with Crippen LogP contribution in [0, 0.1) is 0 Å². The minimum absolute atomic E-state index is 0.518. The lowest BCUT2D eigenvalue weighted by molar-refractivity contribution is -0.136. The fraction of sp³-hybridized carbons (Fsp3) is 0.333. The number of hydrogen-bond acceptors (Lipinski definition) is 3. The first kappa shape index (κ1) is 18.0. The molecule has 0 unspecified atom stereocenters. The van der Waals surface area contributed by atoms with Crippen LogP contribution in [0.25, 0.3) is 0 Å². The molecule has 5 heteroatoms. The van der Waals surface area contributed by atoms with Crippen molar-refractivity contribution in [3.8, 4) is 0 Å². The molecule has 0 N–H and O–H groups in total. The van der Waals surface area contributed by atoms with Crippen molar-refractivity contribution >= 4 is 23.2 Å². The largest absolute Gasteiger partial charge is 0.340 e. The molecule has 0 aliphatic carbocycles. The lowest BCUT2D eigenvalue weighted by Gasteiger charge is -2.35. The van der Waals surface area contributed by atoms with Gasteiger partial charge in [-0.25, -0.2) is 0 Å². The first-order valence-corrected chi connectivity index (χ1v) is 9.62. The van der Waals surface area contributed by atoms with Gasteiger partial charge < -0.3 is 9.47 Å². The van der Waals surface area contributed by atoms with Gasteiger partial charge in [-0.3, -0.25) is 4.90 Å². The molecule has 1 fully saturated rings. The number of ether oxygens (including phenoxy) is 2. The summed E-state index contributed by atoms with van der Waals surface area (Å²) in [5.74, 6) is -0.826. The Morgan fingerprint density at radius 1 is 0.962 bits per heavy atom. The van der Waals surface area contributed by atoms with Gasteiger partial charge in [0.2, 0.25) is 5.79 Å². The molecule has 0 radical (unpaired) electrons. The number of halogens is 2. The molecule has 0 atom stereocenters. The standard InChI is InChI=1S/C21H21Cl2NO2/c22-19-7-6-18(14-20(19)23)21(25-12-13-26-21)17-8-10-24(11-9-17)15-16-4-2-1-3-5-16/h1-8,14H,9-13,15H2. The molecule has 136 valence electrons. The third-order valence-electron chi connectivity index (χ3n) is 4.96. The number of benzene rings is 2. The molecule has 0 amide bonds. The summed E-state index contributed by atoms with van der Waals surface area (Å²) in [5, 5.41) is 1.06. The van der Waals surface area contributed by atoms with E-state index in [1.807, 2.05) is 18.2 Å². The van der Waals surface area contributed by atoms with Gasteiger partial charge in [0.1, 0.15) is 0 Å². The zero-order valence-corrected chi connectivity index (χ0v) is 16.0. The van der Waals surface area contributed by atoms with Crippen molar-refractivity contribution in [1.82, 2.24) is 4.90 Å². The van der Waals surface area contributed by atoms with Crippen LogP contribution in [0.1, 0.15) is 17.5 Å². The normalized spacial score (nSPS) is 20.2. The number of nitrogens with zero attached hydrogens (tertiary/aromatic N) is 1. The first-order valence-electron chi connectivity index (χ1n) is 8.86. The second-order valence-corrected chi connectivity index (χ2v) is 7.46. The predicted molar refractivity (Wildman–Crippen MR) is 104 cm³/mol. The molecule has 4 rings (SSSR count). The SMILES string of the molecule is Clc1ccc(C2(C3=CCN(Cc4ccccc4)CC3)OCCO2)cc1Cl. The Balaban J connectivity index is 1.55. The zero-order valence-electron chi connectivity index (χ0n) is 14.5. The van der Waals surface area contributed by atoms with Crippen LogP contribution in [0.4, 0.5) is 0 Å². The topological polar surface area (TPSA) is 21.7 Å². The molecule has 2 heterocycles. The highest BCUT2D eigenvalue weighted by atomic mass is 35.5. The van der Waals surface area contributed by atoms with E-state index in [0.717, 1.165) is 37.2 Å². The van der Waals surface area contributed by atoms with Crippen molar-refractivity contribution in [2.75, 3.05) is 26.3 Å². The Morgan fingerprint density at radius 3 is 2.38 bits per heavy atom. The van der Waals surface area contributed by atoms with Crippen LogP contribution in [0.15, 0.2) is 60.2 Å². The van der Waals surface area contributed by atoms with Gasteiger partial charge in [-0.15, -0.1) is 0 Å². The van der Waals surface area contributed by atoms with E-state index in [0.29, 0.717) is 23.3 Å². The Kier molecular flexibility index (Phi) is 5.35. The number of hydrogen-bond donors (Lipinski definition) is 0. The van der Waals surface area contributed by atoms with Crippen molar-refractivity contribution < 1.29 is 9.47 Å². The molecular formula is C21H21Cl2NO2. The minimum Gasteiger partial charge on any atom is -0.340 e. The van der Waals surface area contributed by atoms with E-state index < -0.39 is 5.79 Å². The van der Waals surface area contributed by atoms with Gasteiger partial charge in [-0.1, -0.05) is 65.7 Å². The highest BCUT2D eigenvalue weighted by Gasteiger charge is 2.43. The molecule has 2 aromatic carbocycles. The maximum absolute atomic E-state index is 6.24. The van der Waals surface area contributed by atoms with Crippen molar-refractivity contribution in [1.29, 1.82) is 0 Å². The van der Waals surface area contributed by atoms with Gasteiger partial charge in [-0.05, 0) is 29.7 Å². The monoisotopic (exact) mass is 389 g/mol. The van der Waals surface area contributed by atoms with E-state index in [-0.39, 0.29) is 0 Å². The summed E-state index contributed by atoms with van der Waals surface area (Å²) in [6.45, 7) is 3.94. The van der Waals surface area contributed by atoms with Crippen molar-refractivity contribution in [2.45, 2.75) is 18.8 Å². The Morgan fingerprint density at radius 2 is 1.73 bits per heavy atom. The van der Waals surface area contributed by atoms with Crippen molar-refractivity contribution in [2.24, 2.45) is 0 Å². The molecule has 1 saturated heterocycles. The highest BCUT2D eigenvalue weighted by molar-refractivity contribution is 6.42. The Hall–Kier alpha value is -1.36. The predicted octanol–water partition coefficient (Wildman–Crippen LogP) is 5.03. The maximum Gasteiger partial charge on any atom is 0.218 e. The average molecular weight is 390 g/mol. The molecule has 2 aliphatic rings. The smallest absolute Gasteiger partial charge is 0.218 e. The zero-order chi connectivity index (χ0) is 18.0. The molecule has 0 spiro atoms. The quantitative estimate of drug-likeness (QED) is 0.684. The van der Waals surface area contributed by atoms with E-state index in [4.69, 9.17) is 32.7 Å². The maximum atomic E-state index is 6.24. The summed E-state index contributed by atoms with van der Waals surface area (Å²) < 4.78 is 12.2. The van der Waals surface area contributed by atoms with Crippen LogP contribution in [0.3, 0.4) is 0 Å². The first-order chi connectivity index (χ1) is 12.7. The second kappa shape index (κ2) is 7.71. The Bertz CT molecular complexity index is 801. The van der Waals surface area contributed by atoms with E-state index in [9.17, 15) is 0 Å². The highest BCUT2D eigenvalue weighted by Crippen LogP contribution is 2.42. The van der Waals surface area contributed by atoms with Crippen molar-refractivity contribution in [3.05, 3.63) is 81.4 Å². The van der Waals surface area contributed by atoms with Crippen LogP contribution >= 0.6 is 23.2 Å². The van der Waals surface area contributed by atoms with E-state index in [1.54, 1.807) is 6.07 Å². The van der Waals surface area contributed by atoms with E-state index >= 15 is 0 Å². The second-order valence-electron chi connectivity index (χ2n) is 6.64. The summed E-state index contributed by atoms with van der Waals surface area (Å²) >= 11 is 12.3. The fourth-order valence-electron chi connectivity index (χ4n) is 3.65. The molecule has 3 nitrogen and oxygen atoms in total. The lowest BCUT2D eigenvalue weighted by Crippen LogP contribution is -2.36. The van der Waals surface area contributed by atoms with Crippen LogP contribution in [0.2, 0.25) is 10.0 Å². The molecule has 0 aromatic heterocycles. The number of rotatable bonds is 4. The fourth-order valence-corrected chi connectivity index (χ4v) is 3.94. The molecule has 0 saturated carbocycles. The van der Waals surface area contributed by atoms with Gasteiger partial charge in [0.15, 0.2) is 0 Å². The van der Waals surface area contributed by atoms with E-state index in [2.05, 4.69) is 35.2 Å². The summed E-state index contributed by atoms with van der Waals surface area (Å²) in [6.07, 6.45) is 3.13. The minimum atomic E-state index is -0.826. The van der Waals surface area contributed by atoms with Crippen LogP contribution < -0.4 is 0 Å². The van der Waals surface area contributed by atoms with Gasteiger partial charge in [0, 0.05) is 25.2 Å². The molecular weight excluding hydrogens is 369 g/mol. The molecule has 2 aromatic rings. The summed E-state index contributed by atoms with van der Waals surface area (Å²) in [4.78, 5) is 2.43. The molecule has 2 aliphatic heterocycles. The third kappa shape index (κ3) is 3.55. The summed E-state index contributed by atoms with van der Waals surface area (Å²) in [7, 11) is 0. The summed E-state index contributed by atoms with van der Waals surface area (Å²) in [5.41, 5.74) is 3.40. The summed E-state index contributed by atoms with van der Waals surface area (Å²) in [6, 6.07) is 16.1. The third-order valence-corrected chi connectivity index (χ3v) is 5.70. The van der Waals surface area contributed by atoms with Crippen LogP contribution in [-0.2, 0) is 21.8 Å². The van der Waals surface area contributed by atoms with Gasteiger partial charge in [-0.2, -0.15) is 0 Å². The van der Waals surface area contributed by atoms with Crippen LogP contribution in [0.5, 0.6) is 0 Å². The van der Waals surface area contributed by atoms with Gasteiger partial charge in [0.05, 0.1) is 23.3 Å². The Labute approximate surface area is 164 Å². The van der Waals surface area contributed by atoms with Gasteiger partial charge in [0.25, 0.3) is 0 Å².